The number of hydrogen-bond donors (Lipinski definition) is 1. The lowest BCUT2D eigenvalue weighted by Crippen LogP contribution is -2.36. The minimum absolute atomic E-state index is 0.111. The van der Waals surface area contributed by atoms with E-state index in [1.165, 1.54) is 6.42 Å². The van der Waals surface area contributed by atoms with Crippen LogP contribution in [0.3, 0.4) is 0 Å². The Morgan fingerprint density at radius 2 is 2.08 bits per heavy atom. The van der Waals surface area contributed by atoms with Crippen LogP contribution in [0.15, 0.2) is 23.8 Å². The number of ether oxygens (including phenoxy) is 2. The van der Waals surface area contributed by atoms with Gasteiger partial charge in [-0.25, -0.2) is 0 Å². The molecule has 1 aromatic rings. The Hall–Kier alpha value is -2.48. The summed E-state index contributed by atoms with van der Waals surface area (Å²) in [6.07, 6.45) is 9.06. The fourth-order valence-electron chi connectivity index (χ4n) is 3.05. The smallest absolute Gasteiger partial charge is 0.262 e. The molecule has 0 bridgehead atoms. The number of carbonyl (C=O) groups excluding carboxylic acids is 1. The van der Waals surface area contributed by atoms with Crippen molar-refractivity contribution in [1.29, 1.82) is 5.26 Å². The zero-order valence-electron chi connectivity index (χ0n) is 15.7. The second kappa shape index (κ2) is 10.5. The summed E-state index contributed by atoms with van der Waals surface area (Å²) in [7, 11) is 1.59. The standard InChI is InChI=1S/C21H28N2O3/c1-3-4-12-26-20-14-16(10-11-19(20)25-2)13-17(15-22)21(24)23-18-8-6-5-7-9-18/h10-11,13-14,18H,3-9,12H2,1-2H3,(H,23,24)/b17-13+. The van der Waals surface area contributed by atoms with E-state index < -0.39 is 0 Å². The van der Waals surface area contributed by atoms with Crippen molar-refractivity contribution in [2.24, 2.45) is 0 Å². The topological polar surface area (TPSA) is 71.3 Å². The van der Waals surface area contributed by atoms with Crippen molar-refractivity contribution in [3.63, 3.8) is 0 Å². The molecular formula is C21H28N2O3. The summed E-state index contributed by atoms with van der Waals surface area (Å²) < 4.78 is 11.1. The van der Waals surface area contributed by atoms with Gasteiger partial charge >= 0.3 is 0 Å². The molecule has 0 spiro atoms. The Kier molecular flexibility index (Phi) is 8.01. The number of rotatable bonds is 8. The van der Waals surface area contributed by atoms with Gasteiger partial charge in [-0.05, 0) is 43.0 Å². The van der Waals surface area contributed by atoms with Gasteiger partial charge in [0, 0.05) is 6.04 Å². The van der Waals surface area contributed by atoms with Gasteiger partial charge in [-0.15, -0.1) is 0 Å². The molecule has 0 saturated heterocycles. The lowest BCUT2D eigenvalue weighted by atomic mass is 9.95. The summed E-state index contributed by atoms with van der Waals surface area (Å²) in [6.45, 7) is 2.71. The maximum atomic E-state index is 12.4. The number of unbranched alkanes of at least 4 members (excludes halogenated alkanes) is 1. The first kappa shape index (κ1) is 19.8. The summed E-state index contributed by atoms with van der Waals surface area (Å²) in [6, 6.07) is 7.61. The highest BCUT2D eigenvalue weighted by atomic mass is 16.5. The molecule has 0 atom stereocenters. The number of carbonyl (C=O) groups is 1. The van der Waals surface area contributed by atoms with E-state index in [0.717, 1.165) is 44.1 Å². The van der Waals surface area contributed by atoms with Gasteiger partial charge in [0.05, 0.1) is 13.7 Å². The average molecular weight is 356 g/mol. The fraction of sp³-hybridized carbons (Fsp3) is 0.524. The number of methoxy groups -OCH3 is 1. The van der Waals surface area contributed by atoms with Crippen LogP contribution in [0.4, 0.5) is 0 Å². The highest BCUT2D eigenvalue weighted by Gasteiger charge is 2.18. The molecule has 2 rings (SSSR count). The normalized spacial score (nSPS) is 15.2. The summed E-state index contributed by atoms with van der Waals surface area (Å²) in [5.74, 6) is 0.965. The van der Waals surface area contributed by atoms with E-state index in [9.17, 15) is 10.1 Å². The molecule has 1 aliphatic carbocycles. The van der Waals surface area contributed by atoms with Gasteiger partial charge in [0.25, 0.3) is 5.91 Å². The fourth-order valence-corrected chi connectivity index (χ4v) is 3.05. The first-order valence-electron chi connectivity index (χ1n) is 9.41. The van der Waals surface area contributed by atoms with Crippen LogP contribution in [-0.2, 0) is 4.79 Å². The monoisotopic (exact) mass is 356 g/mol. The summed E-state index contributed by atoms with van der Waals surface area (Å²) >= 11 is 0. The largest absolute Gasteiger partial charge is 0.493 e. The van der Waals surface area contributed by atoms with Crippen LogP contribution in [0, 0.1) is 11.3 Å². The van der Waals surface area contributed by atoms with E-state index in [2.05, 4.69) is 12.2 Å². The van der Waals surface area contributed by atoms with Gasteiger partial charge in [-0.3, -0.25) is 4.79 Å². The summed E-state index contributed by atoms with van der Waals surface area (Å²) in [5.41, 5.74) is 0.855. The van der Waals surface area contributed by atoms with E-state index in [-0.39, 0.29) is 17.5 Å². The third kappa shape index (κ3) is 5.80. The van der Waals surface area contributed by atoms with Crippen molar-refractivity contribution in [2.45, 2.75) is 57.9 Å². The molecule has 0 heterocycles. The number of nitrogens with zero attached hydrogens (tertiary/aromatic N) is 1. The van der Waals surface area contributed by atoms with Gasteiger partial charge in [0.15, 0.2) is 11.5 Å². The molecule has 1 aromatic carbocycles. The Morgan fingerprint density at radius 3 is 2.73 bits per heavy atom. The third-order valence-electron chi connectivity index (χ3n) is 4.56. The predicted molar refractivity (Wildman–Crippen MR) is 102 cm³/mol. The quantitative estimate of drug-likeness (QED) is 0.430. The van der Waals surface area contributed by atoms with Crippen LogP contribution in [0.1, 0.15) is 57.4 Å². The number of amides is 1. The van der Waals surface area contributed by atoms with Crippen LogP contribution in [0.25, 0.3) is 6.08 Å². The summed E-state index contributed by atoms with van der Waals surface area (Å²) in [4.78, 5) is 12.4. The van der Waals surface area contributed by atoms with Crippen LogP contribution in [-0.4, -0.2) is 25.7 Å². The Morgan fingerprint density at radius 1 is 1.31 bits per heavy atom. The minimum Gasteiger partial charge on any atom is -0.493 e. The van der Waals surface area contributed by atoms with Gasteiger partial charge in [-0.2, -0.15) is 5.26 Å². The number of nitriles is 1. The lowest BCUT2D eigenvalue weighted by molar-refractivity contribution is -0.117. The van der Waals surface area contributed by atoms with Crippen LogP contribution >= 0.6 is 0 Å². The Balaban J connectivity index is 2.12. The molecule has 0 unspecified atom stereocenters. The lowest BCUT2D eigenvalue weighted by Gasteiger charge is -2.22. The van der Waals surface area contributed by atoms with E-state index in [4.69, 9.17) is 9.47 Å². The van der Waals surface area contributed by atoms with E-state index in [0.29, 0.717) is 18.1 Å². The second-order valence-corrected chi connectivity index (χ2v) is 6.59. The van der Waals surface area contributed by atoms with Gasteiger partial charge < -0.3 is 14.8 Å². The van der Waals surface area contributed by atoms with Gasteiger partial charge in [0.1, 0.15) is 11.6 Å². The van der Waals surface area contributed by atoms with Crippen molar-refractivity contribution in [2.75, 3.05) is 13.7 Å². The molecule has 0 aromatic heterocycles. The highest BCUT2D eigenvalue weighted by molar-refractivity contribution is 6.01. The number of benzene rings is 1. The maximum Gasteiger partial charge on any atom is 0.262 e. The van der Waals surface area contributed by atoms with Crippen LogP contribution in [0.2, 0.25) is 0 Å². The minimum atomic E-state index is -0.302. The second-order valence-electron chi connectivity index (χ2n) is 6.59. The number of hydrogen-bond acceptors (Lipinski definition) is 4. The molecule has 1 fully saturated rings. The molecule has 1 N–H and O–H groups in total. The van der Waals surface area contributed by atoms with Gasteiger partial charge in [-0.1, -0.05) is 38.7 Å². The van der Waals surface area contributed by atoms with Crippen molar-refractivity contribution in [1.82, 2.24) is 5.32 Å². The van der Waals surface area contributed by atoms with Crippen LogP contribution < -0.4 is 14.8 Å². The van der Waals surface area contributed by atoms with Crippen molar-refractivity contribution < 1.29 is 14.3 Å². The third-order valence-corrected chi connectivity index (χ3v) is 4.56. The van der Waals surface area contributed by atoms with Crippen molar-refractivity contribution >= 4 is 12.0 Å². The Bertz CT molecular complexity index is 670. The molecule has 5 heteroatoms. The van der Waals surface area contributed by atoms with E-state index in [1.54, 1.807) is 25.3 Å². The zero-order valence-corrected chi connectivity index (χ0v) is 15.7. The molecule has 140 valence electrons. The first-order chi connectivity index (χ1) is 12.7. The summed E-state index contributed by atoms with van der Waals surface area (Å²) in [5, 5.41) is 12.4. The predicted octanol–water partition coefficient (Wildman–Crippen LogP) is 4.23. The Labute approximate surface area is 156 Å². The molecule has 1 aliphatic rings. The molecule has 0 radical (unpaired) electrons. The molecule has 1 saturated carbocycles. The van der Waals surface area contributed by atoms with Crippen LogP contribution in [0.5, 0.6) is 11.5 Å². The van der Waals surface area contributed by atoms with E-state index in [1.807, 2.05) is 12.1 Å². The SMILES string of the molecule is CCCCOc1cc(/C=C(\C#N)C(=O)NC2CCCCC2)ccc1OC. The average Bonchev–Trinajstić information content (AvgIpc) is 2.67. The first-order valence-corrected chi connectivity index (χ1v) is 9.41. The molecule has 0 aliphatic heterocycles. The highest BCUT2D eigenvalue weighted by Crippen LogP contribution is 2.29. The molecule has 1 amide bonds. The molecular weight excluding hydrogens is 328 g/mol. The molecule has 26 heavy (non-hydrogen) atoms. The van der Waals surface area contributed by atoms with E-state index >= 15 is 0 Å². The number of nitrogens with one attached hydrogen (secondary N) is 1. The molecule has 5 nitrogen and oxygen atoms in total. The maximum absolute atomic E-state index is 12.4. The van der Waals surface area contributed by atoms with Crippen molar-refractivity contribution in [3.8, 4) is 17.6 Å². The zero-order chi connectivity index (χ0) is 18.8. The van der Waals surface area contributed by atoms with Gasteiger partial charge in [0.2, 0.25) is 0 Å². The van der Waals surface area contributed by atoms with Crippen molar-refractivity contribution in [3.05, 3.63) is 29.3 Å².